The number of rotatable bonds is 6. The Bertz CT molecular complexity index is 463. The molecule has 1 aromatic carbocycles. The van der Waals surface area contributed by atoms with Crippen LogP contribution in [0.5, 0.6) is 5.75 Å². The molecule has 1 amide bonds. The molecule has 0 atom stereocenters. The second kappa shape index (κ2) is 6.26. The van der Waals surface area contributed by atoms with Gasteiger partial charge in [-0.2, -0.15) is 5.10 Å². The summed E-state index contributed by atoms with van der Waals surface area (Å²) < 4.78 is 30.2. The number of amides is 1. The van der Waals surface area contributed by atoms with Gasteiger partial charge in [-0.3, -0.25) is 4.79 Å². The monoisotopic (exact) mass is 268 g/mol. The Morgan fingerprint density at radius 2 is 2.05 bits per heavy atom. The number of halogens is 2. The van der Waals surface area contributed by atoms with Crippen LogP contribution in [-0.4, -0.2) is 36.2 Å². The Labute approximate surface area is 109 Å². The molecule has 0 N–H and O–H groups in total. The summed E-state index contributed by atoms with van der Waals surface area (Å²) in [6.07, 6.45) is -2.40. The lowest BCUT2D eigenvalue weighted by Crippen LogP contribution is -2.23. The van der Waals surface area contributed by atoms with Crippen LogP contribution in [0.3, 0.4) is 0 Å². The van der Waals surface area contributed by atoms with E-state index >= 15 is 0 Å². The van der Waals surface area contributed by atoms with Gasteiger partial charge in [0.15, 0.2) is 0 Å². The maximum atomic E-state index is 12.4. The van der Waals surface area contributed by atoms with Crippen LogP contribution in [0.25, 0.3) is 0 Å². The summed E-state index contributed by atoms with van der Waals surface area (Å²) in [5.41, 5.74) is -0.353. The zero-order valence-corrected chi connectivity index (χ0v) is 10.3. The van der Waals surface area contributed by atoms with Crippen LogP contribution >= 0.6 is 0 Å². The van der Waals surface area contributed by atoms with E-state index in [-0.39, 0.29) is 18.0 Å². The quantitative estimate of drug-likeness (QED) is 0.743. The molecule has 4 nitrogen and oxygen atoms in total. The van der Waals surface area contributed by atoms with Crippen LogP contribution in [0.2, 0.25) is 0 Å². The first-order valence-corrected chi connectivity index (χ1v) is 6.00. The zero-order chi connectivity index (χ0) is 13.7. The van der Waals surface area contributed by atoms with E-state index in [4.69, 9.17) is 4.74 Å². The number of nitrogens with zero attached hydrogens (tertiary/aromatic N) is 2. The Morgan fingerprint density at radius 1 is 1.32 bits per heavy atom. The molecule has 19 heavy (non-hydrogen) atoms. The molecule has 0 aromatic heterocycles. The predicted molar refractivity (Wildman–Crippen MR) is 66.3 cm³/mol. The van der Waals surface area contributed by atoms with Gasteiger partial charge < -0.3 is 4.74 Å². The number of para-hydroxylation sites is 1. The average molecular weight is 268 g/mol. The number of carbonyl (C=O) groups excluding carboxylic acids is 1. The fraction of sp³-hybridized carbons (Fsp3) is 0.385. The predicted octanol–water partition coefficient (Wildman–Crippen LogP) is 2.31. The zero-order valence-electron chi connectivity index (χ0n) is 10.3. The Kier molecular flexibility index (Phi) is 4.43. The number of hydrazone groups is 1. The Hall–Kier alpha value is -1.98. The van der Waals surface area contributed by atoms with E-state index in [1.807, 2.05) is 30.3 Å². The van der Waals surface area contributed by atoms with Gasteiger partial charge in [-0.25, -0.2) is 13.8 Å². The molecule has 1 heterocycles. The van der Waals surface area contributed by atoms with E-state index < -0.39 is 6.43 Å². The molecule has 6 heteroatoms. The van der Waals surface area contributed by atoms with Crippen LogP contribution in [-0.2, 0) is 4.79 Å². The number of alkyl halides is 2. The third kappa shape index (κ3) is 3.74. The maximum absolute atomic E-state index is 12.4. The fourth-order valence-electron chi connectivity index (χ4n) is 1.71. The molecule has 1 aliphatic heterocycles. The number of hydrogen-bond donors (Lipinski definition) is 0. The molecule has 0 saturated carbocycles. The van der Waals surface area contributed by atoms with Crippen LogP contribution in [0.1, 0.15) is 12.8 Å². The van der Waals surface area contributed by atoms with Gasteiger partial charge in [0.2, 0.25) is 5.91 Å². The molecule has 102 valence electrons. The van der Waals surface area contributed by atoms with Crippen molar-refractivity contribution in [2.75, 3.05) is 13.2 Å². The van der Waals surface area contributed by atoms with E-state index in [0.29, 0.717) is 19.6 Å². The summed E-state index contributed by atoms with van der Waals surface area (Å²) in [4.78, 5) is 11.4. The largest absolute Gasteiger partial charge is 0.494 e. The lowest BCUT2D eigenvalue weighted by atomic mass is 10.3. The standard InChI is InChI=1S/C13H14F2N2O2/c14-13(15)11-9-12(18)17(16-11)7-4-8-19-10-5-2-1-3-6-10/h1-3,5-6,13H,4,7-9H2. The van der Waals surface area contributed by atoms with Crippen LogP contribution in [0, 0.1) is 0 Å². The third-order valence-electron chi connectivity index (χ3n) is 2.65. The normalized spacial score (nSPS) is 15.0. The van der Waals surface area contributed by atoms with Crippen LogP contribution < -0.4 is 4.74 Å². The van der Waals surface area contributed by atoms with Gasteiger partial charge in [-0.15, -0.1) is 0 Å². The van der Waals surface area contributed by atoms with Crippen molar-refractivity contribution >= 4 is 11.6 Å². The van der Waals surface area contributed by atoms with Gasteiger partial charge in [0.05, 0.1) is 13.0 Å². The number of benzene rings is 1. The minimum absolute atomic E-state index is 0.281. The van der Waals surface area contributed by atoms with Gasteiger partial charge in [0, 0.05) is 13.0 Å². The summed E-state index contributed by atoms with van der Waals surface area (Å²) in [7, 11) is 0. The van der Waals surface area contributed by atoms with Crippen molar-refractivity contribution in [1.82, 2.24) is 5.01 Å². The van der Waals surface area contributed by atoms with Gasteiger partial charge in [-0.1, -0.05) is 18.2 Å². The van der Waals surface area contributed by atoms with E-state index in [1.165, 1.54) is 0 Å². The summed E-state index contributed by atoms with van der Waals surface area (Å²) in [5.74, 6) is 0.363. The summed E-state index contributed by atoms with van der Waals surface area (Å²) in [5, 5.41) is 4.70. The maximum Gasteiger partial charge on any atom is 0.278 e. The molecule has 0 fully saturated rings. The second-order valence-electron chi connectivity index (χ2n) is 4.10. The average Bonchev–Trinajstić information content (AvgIpc) is 2.78. The molecule has 0 spiro atoms. The lowest BCUT2D eigenvalue weighted by Gasteiger charge is -2.11. The smallest absolute Gasteiger partial charge is 0.278 e. The third-order valence-corrected chi connectivity index (χ3v) is 2.65. The molecule has 1 aliphatic rings. The first-order chi connectivity index (χ1) is 9.16. The topological polar surface area (TPSA) is 41.9 Å². The highest BCUT2D eigenvalue weighted by Crippen LogP contribution is 2.14. The van der Waals surface area contributed by atoms with Crippen molar-refractivity contribution in [3.63, 3.8) is 0 Å². The Balaban J connectivity index is 1.73. The molecule has 2 rings (SSSR count). The highest BCUT2D eigenvalue weighted by molar-refractivity contribution is 6.06. The van der Waals surface area contributed by atoms with Crippen molar-refractivity contribution in [2.45, 2.75) is 19.3 Å². The number of ether oxygens (including phenoxy) is 1. The molecule has 0 unspecified atom stereocenters. The molecule has 1 aromatic rings. The van der Waals surface area contributed by atoms with Crippen molar-refractivity contribution in [2.24, 2.45) is 5.10 Å². The van der Waals surface area contributed by atoms with E-state index in [0.717, 1.165) is 10.8 Å². The van der Waals surface area contributed by atoms with E-state index in [1.54, 1.807) is 0 Å². The summed E-state index contributed by atoms with van der Waals surface area (Å²) in [6, 6.07) is 9.26. The molecule has 0 saturated heterocycles. The number of carbonyl (C=O) groups is 1. The SMILES string of the molecule is O=C1CC(C(F)F)=NN1CCCOc1ccccc1. The van der Waals surface area contributed by atoms with Crippen molar-refractivity contribution in [1.29, 1.82) is 0 Å². The fourth-order valence-corrected chi connectivity index (χ4v) is 1.71. The highest BCUT2D eigenvalue weighted by Gasteiger charge is 2.28. The number of hydrogen-bond acceptors (Lipinski definition) is 3. The van der Waals surface area contributed by atoms with Crippen LogP contribution in [0.4, 0.5) is 8.78 Å². The molecular formula is C13H14F2N2O2. The van der Waals surface area contributed by atoms with Crippen LogP contribution in [0.15, 0.2) is 35.4 Å². The van der Waals surface area contributed by atoms with Gasteiger partial charge in [-0.05, 0) is 12.1 Å². The van der Waals surface area contributed by atoms with Crippen molar-refractivity contribution in [3.8, 4) is 5.75 Å². The molecule has 0 aliphatic carbocycles. The van der Waals surface area contributed by atoms with Gasteiger partial charge in [0.25, 0.3) is 6.43 Å². The molecule has 0 bridgehead atoms. The molecule has 0 radical (unpaired) electrons. The van der Waals surface area contributed by atoms with E-state index in [2.05, 4.69) is 5.10 Å². The minimum atomic E-state index is -2.66. The summed E-state index contributed by atoms with van der Waals surface area (Å²) >= 11 is 0. The lowest BCUT2D eigenvalue weighted by molar-refractivity contribution is -0.128. The van der Waals surface area contributed by atoms with Gasteiger partial charge >= 0.3 is 0 Å². The Morgan fingerprint density at radius 3 is 2.68 bits per heavy atom. The second-order valence-corrected chi connectivity index (χ2v) is 4.10. The first-order valence-electron chi connectivity index (χ1n) is 6.00. The summed E-state index contributed by atoms with van der Waals surface area (Å²) in [6.45, 7) is 0.704. The highest BCUT2D eigenvalue weighted by atomic mass is 19.3. The van der Waals surface area contributed by atoms with Gasteiger partial charge in [0.1, 0.15) is 11.5 Å². The van der Waals surface area contributed by atoms with E-state index in [9.17, 15) is 13.6 Å². The van der Waals surface area contributed by atoms with Crippen molar-refractivity contribution in [3.05, 3.63) is 30.3 Å². The molecular weight excluding hydrogens is 254 g/mol. The first kappa shape index (κ1) is 13.5. The minimum Gasteiger partial charge on any atom is -0.494 e. The van der Waals surface area contributed by atoms with Crippen molar-refractivity contribution < 1.29 is 18.3 Å².